The molecule has 8 nitrogen and oxygen atoms in total. The highest BCUT2D eigenvalue weighted by molar-refractivity contribution is 8.00. The summed E-state index contributed by atoms with van der Waals surface area (Å²) in [5.74, 6) is -1.82. The van der Waals surface area contributed by atoms with Crippen molar-refractivity contribution in [2.24, 2.45) is 0 Å². The molecule has 5 aromatic rings. The van der Waals surface area contributed by atoms with Gasteiger partial charge in [0.15, 0.2) is 0 Å². The van der Waals surface area contributed by atoms with Crippen LogP contribution in [0.1, 0.15) is 31.8 Å². The Bertz CT molecular complexity index is 1990. The maximum Gasteiger partial charge on any atom is 0.341 e. The fourth-order valence-corrected chi connectivity index (χ4v) is 6.48. The second kappa shape index (κ2) is 16.1. The molecule has 4 aromatic carbocycles. The van der Waals surface area contributed by atoms with Gasteiger partial charge in [-0.05, 0) is 60.5 Å². The van der Waals surface area contributed by atoms with Crippen molar-refractivity contribution in [3.8, 4) is 11.1 Å². The van der Waals surface area contributed by atoms with Crippen LogP contribution in [0.25, 0.3) is 17.2 Å². The van der Waals surface area contributed by atoms with Gasteiger partial charge in [-0.1, -0.05) is 83.9 Å². The van der Waals surface area contributed by atoms with E-state index in [1.165, 1.54) is 36.3 Å². The Labute approximate surface area is 291 Å². The molecule has 3 N–H and O–H groups in total. The minimum absolute atomic E-state index is 0.00301. The molecule has 0 unspecified atom stereocenters. The molecule has 0 saturated carbocycles. The first kappa shape index (κ1) is 34.2. The molecule has 0 atom stereocenters. The number of nitrogens with one attached hydrogen (secondary N) is 3. The number of rotatable bonds is 11. The van der Waals surface area contributed by atoms with Crippen molar-refractivity contribution in [2.75, 3.05) is 23.5 Å². The number of halogens is 1. The fourth-order valence-electron chi connectivity index (χ4n) is 4.56. The Kier molecular flexibility index (Phi) is 11.5. The molecule has 242 valence electrons. The van der Waals surface area contributed by atoms with Crippen molar-refractivity contribution < 1.29 is 23.9 Å². The predicted octanol–water partition coefficient (Wildman–Crippen LogP) is 8.30. The number of hydrogen-bond acceptors (Lipinski definition) is 7. The lowest BCUT2D eigenvalue weighted by atomic mass is 10.0. The third-order valence-electron chi connectivity index (χ3n) is 6.99. The second-order valence-corrected chi connectivity index (χ2v) is 12.8. The molecule has 0 spiro atoms. The van der Waals surface area contributed by atoms with Crippen LogP contribution in [-0.2, 0) is 14.3 Å². The highest BCUT2D eigenvalue weighted by Crippen LogP contribution is 2.36. The summed E-state index contributed by atoms with van der Waals surface area (Å²) >= 11 is 8.85. The van der Waals surface area contributed by atoms with E-state index in [1.807, 2.05) is 42.6 Å². The summed E-state index contributed by atoms with van der Waals surface area (Å²) in [6.07, 6.45) is 1.51. The lowest BCUT2D eigenvalue weighted by molar-refractivity contribution is -0.114. The van der Waals surface area contributed by atoms with E-state index >= 15 is 0 Å². The summed E-state index contributed by atoms with van der Waals surface area (Å²) < 4.78 is 5.02. The normalized spacial score (nSPS) is 11.0. The van der Waals surface area contributed by atoms with Gasteiger partial charge in [-0.25, -0.2) is 4.79 Å². The number of methoxy groups -OCH3 is 1. The number of aryl methyl sites for hydroxylation is 1. The number of hydrogen-bond donors (Lipinski definition) is 3. The third-order valence-corrected chi connectivity index (χ3v) is 9.23. The van der Waals surface area contributed by atoms with E-state index in [9.17, 15) is 19.2 Å². The van der Waals surface area contributed by atoms with Gasteiger partial charge in [0.05, 0.1) is 12.9 Å². The van der Waals surface area contributed by atoms with Crippen LogP contribution in [0, 0.1) is 6.92 Å². The molecule has 0 fully saturated rings. The molecule has 1 aromatic heterocycles. The Morgan fingerprint density at radius 1 is 0.875 bits per heavy atom. The topological polar surface area (TPSA) is 114 Å². The van der Waals surface area contributed by atoms with Gasteiger partial charge in [-0.3, -0.25) is 14.4 Å². The summed E-state index contributed by atoms with van der Waals surface area (Å²) in [6, 6.07) is 30.3. The van der Waals surface area contributed by atoms with Crippen molar-refractivity contribution in [1.29, 1.82) is 0 Å². The molecule has 3 amide bonds. The number of thiophene rings is 1. The molecule has 0 aliphatic carbocycles. The number of anilines is 2. The Morgan fingerprint density at radius 3 is 2.33 bits per heavy atom. The Balaban J connectivity index is 1.27. The van der Waals surface area contributed by atoms with E-state index in [1.54, 1.807) is 72.8 Å². The number of carbonyl (C=O) groups excluding carboxylic acids is 4. The van der Waals surface area contributed by atoms with Crippen LogP contribution in [0.3, 0.4) is 0 Å². The molecule has 1 heterocycles. The van der Waals surface area contributed by atoms with Gasteiger partial charge in [0, 0.05) is 32.1 Å². The number of thioether (sulfide) groups is 1. The molecule has 0 bridgehead atoms. The van der Waals surface area contributed by atoms with Crippen LogP contribution in [0.5, 0.6) is 0 Å². The summed E-state index contributed by atoms with van der Waals surface area (Å²) in [4.78, 5) is 52.8. The number of amides is 3. The molecule has 11 heteroatoms. The highest BCUT2D eigenvalue weighted by Gasteiger charge is 2.22. The summed E-state index contributed by atoms with van der Waals surface area (Å²) in [5.41, 5.74) is 4.31. The predicted molar refractivity (Wildman–Crippen MR) is 194 cm³/mol. The molecule has 5 rings (SSSR count). The lowest BCUT2D eigenvalue weighted by Gasteiger charge is -2.12. The Morgan fingerprint density at radius 2 is 1.60 bits per heavy atom. The van der Waals surface area contributed by atoms with Crippen molar-refractivity contribution in [2.45, 2.75) is 11.8 Å². The van der Waals surface area contributed by atoms with E-state index in [0.717, 1.165) is 11.1 Å². The number of carbonyl (C=O) groups is 4. The fraction of sp³-hybridized carbons (Fsp3) is 0.0811. The van der Waals surface area contributed by atoms with Gasteiger partial charge >= 0.3 is 5.97 Å². The van der Waals surface area contributed by atoms with Crippen molar-refractivity contribution in [3.63, 3.8) is 0 Å². The number of benzene rings is 4. The van der Waals surface area contributed by atoms with Gasteiger partial charge in [-0.2, -0.15) is 0 Å². The lowest BCUT2D eigenvalue weighted by Crippen LogP contribution is -2.30. The van der Waals surface area contributed by atoms with Crippen LogP contribution in [0.15, 0.2) is 119 Å². The first-order chi connectivity index (χ1) is 23.2. The minimum atomic E-state index is -0.559. The van der Waals surface area contributed by atoms with Gasteiger partial charge in [0.1, 0.15) is 16.3 Å². The highest BCUT2D eigenvalue weighted by atomic mass is 35.5. The summed E-state index contributed by atoms with van der Waals surface area (Å²) in [5, 5.41) is 11.0. The van der Waals surface area contributed by atoms with Gasteiger partial charge in [-0.15, -0.1) is 23.1 Å². The van der Waals surface area contributed by atoms with Gasteiger partial charge in [0.2, 0.25) is 5.91 Å². The smallest absolute Gasteiger partial charge is 0.341 e. The first-order valence-corrected chi connectivity index (χ1v) is 16.9. The number of esters is 1. The Hall–Kier alpha value is -5.16. The molecular formula is C37H30ClN3O5S2. The molecule has 0 aliphatic rings. The molecule has 0 radical (unpaired) electrons. The zero-order valence-corrected chi connectivity index (χ0v) is 28.3. The zero-order valence-electron chi connectivity index (χ0n) is 25.9. The van der Waals surface area contributed by atoms with E-state index < -0.39 is 17.8 Å². The third kappa shape index (κ3) is 8.80. The zero-order chi connectivity index (χ0) is 34.0. The average molecular weight is 696 g/mol. The monoisotopic (exact) mass is 695 g/mol. The van der Waals surface area contributed by atoms with Crippen molar-refractivity contribution in [1.82, 2.24) is 5.32 Å². The van der Waals surface area contributed by atoms with Crippen LogP contribution in [-0.4, -0.2) is 36.6 Å². The SMILES string of the molecule is COC(=O)c1c(-c2ccc(C)cc2)csc1NC(=O)CSc1cccc(NC(=O)/C(=C\c2ccccc2Cl)NC(=O)c2ccccc2)c1. The quantitative estimate of drug-likeness (QED) is 0.0728. The van der Waals surface area contributed by atoms with E-state index in [0.29, 0.717) is 42.9 Å². The second-order valence-electron chi connectivity index (χ2n) is 10.4. The first-order valence-electron chi connectivity index (χ1n) is 14.7. The van der Waals surface area contributed by atoms with Gasteiger partial charge in [0.25, 0.3) is 11.8 Å². The van der Waals surface area contributed by atoms with E-state index in [4.69, 9.17) is 16.3 Å². The van der Waals surface area contributed by atoms with Crippen LogP contribution >= 0.6 is 34.7 Å². The molecular weight excluding hydrogens is 666 g/mol. The maximum absolute atomic E-state index is 13.5. The van der Waals surface area contributed by atoms with Crippen molar-refractivity contribution >= 4 is 75.2 Å². The molecule has 48 heavy (non-hydrogen) atoms. The largest absolute Gasteiger partial charge is 0.465 e. The van der Waals surface area contributed by atoms with Crippen LogP contribution in [0.2, 0.25) is 5.02 Å². The molecule has 0 saturated heterocycles. The summed E-state index contributed by atoms with van der Waals surface area (Å²) in [7, 11) is 1.30. The maximum atomic E-state index is 13.5. The molecule has 0 aliphatic heterocycles. The van der Waals surface area contributed by atoms with E-state index in [-0.39, 0.29) is 17.4 Å². The van der Waals surface area contributed by atoms with Crippen molar-refractivity contribution in [3.05, 3.63) is 141 Å². The average Bonchev–Trinajstić information content (AvgIpc) is 3.51. The van der Waals surface area contributed by atoms with E-state index in [2.05, 4.69) is 16.0 Å². The van der Waals surface area contributed by atoms with Crippen LogP contribution in [0.4, 0.5) is 10.7 Å². The van der Waals surface area contributed by atoms with Gasteiger partial charge < -0.3 is 20.7 Å². The van der Waals surface area contributed by atoms with Crippen LogP contribution < -0.4 is 16.0 Å². The summed E-state index contributed by atoms with van der Waals surface area (Å²) in [6.45, 7) is 1.98. The minimum Gasteiger partial charge on any atom is -0.465 e. The number of ether oxygens (including phenoxy) is 1. The standard InChI is InChI=1S/C37H30ClN3O5S2/c1-23-15-17-24(18-16-23)29-21-48-36(33(29)37(45)46-2)41-32(42)22-47-28-13-8-12-27(20-28)39-35(44)31(19-26-11-6-7-14-30(26)38)40-34(43)25-9-4-3-5-10-25/h3-21H,22H2,1-2H3,(H,39,44)(H,40,43)(H,41,42)/b31-19+.